The molecule has 0 aliphatic heterocycles. The molecule has 0 spiro atoms. The molecule has 1 aliphatic rings. The van der Waals surface area contributed by atoms with Gasteiger partial charge in [0.25, 0.3) is 0 Å². The van der Waals surface area contributed by atoms with Gasteiger partial charge in [0.05, 0.1) is 0 Å². The van der Waals surface area contributed by atoms with Gasteiger partial charge in [-0.2, -0.15) is 0 Å². The van der Waals surface area contributed by atoms with Gasteiger partial charge in [0.15, 0.2) is 0 Å². The molecule has 0 aromatic carbocycles. The van der Waals surface area contributed by atoms with Crippen LogP contribution in [0.2, 0.25) is 0 Å². The van der Waals surface area contributed by atoms with Crippen molar-refractivity contribution in [3.8, 4) is 0 Å². The highest BCUT2D eigenvalue weighted by Gasteiger charge is 2.05. The van der Waals surface area contributed by atoms with Gasteiger partial charge < -0.3 is 4.79 Å². The monoisotopic (exact) mass is 152 g/mol. The molecule has 1 nitrogen and oxygen atoms in total. The van der Waals surface area contributed by atoms with Crippen molar-refractivity contribution in [1.29, 1.82) is 0 Å². The molecule has 0 saturated heterocycles. The third-order valence-electron chi connectivity index (χ3n) is 2.21. The molecule has 0 bridgehead atoms. The van der Waals surface area contributed by atoms with Crippen LogP contribution in [0.3, 0.4) is 0 Å². The van der Waals surface area contributed by atoms with E-state index in [2.05, 4.69) is 6.08 Å². The number of hydrogen-bond donors (Lipinski definition) is 0. The minimum atomic E-state index is 0.128. The van der Waals surface area contributed by atoms with Crippen LogP contribution in [0.25, 0.3) is 0 Å². The Morgan fingerprint density at radius 1 is 1.27 bits per heavy atom. The van der Waals surface area contributed by atoms with Crippen LogP contribution in [0.4, 0.5) is 0 Å². The summed E-state index contributed by atoms with van der Waals surface area (Å²) in [6.45, 7) is 1.95. The van der Waals surface area contributed by atoms with Gasteiger partial charge in [-0.1, -0.05) is 25.0 Å². The summed E-state index contributed by atoms with van der Waals surface area (Å²) < 4.78 is 0. The molecule has 62 valence electrons. The Morgan fingerprint density at radius 2 is 1.91 bits per heavy atom. The van der Waals surface area contributed by atoms with Crippen molar-refractivity contribution in [3.63, 3.8) is 0 Å². The molecule has 0 heterocycles. The number of rotatable bonds is 2. The second-order valence-corrected chi connectivity index (χ2v) is 3.38. The Balaban J connectivity index is 2.42. The van der Waals surface area contributed by atoms with Crippen LogP contribution in [0, 0.1) is 5.92 Å². The highest BCUT2D eigenvalue weighted by molar-refractivity contribution is 5.56. The van der Waals surface area contributed by atoms with E-state index in [9.17, 15) is 4.79 Å². The molecule has 1 rings (SSSR count). The molecular weight excluding hydrogens is 136 g/mol. The molecule has 1 unspecified atom stereocenters. The SMILES string of the molecule is CC(C=O)C=C1CCCCC1. The van der Waals surface area contributed by atoms with E-state index in [1.54, 1.807) is 0 Å². The quantitative estimate of drug-likeness (QED) is 0.439. The van der Waals surface area contributed by atoms with Gasteiger partial charge in [0.1, 0.15) is 6.29 Å². The lowest BCUT2D eigenvalue weighted by atomic mass is 9.93. The first kappa shape index (κ1) is 8.51. The fraction of sp³-hybridized carbons (Fsp3) is 0.700. The highest BCUT2D eigenvalue weighted by atomic mass is 16.1. The van der Waals surface area contributed by atoms with Crippen LogP contribution < -0.4 is 0 Å². The smallest absolute Gasteiger partial charge is 0.126 e. The zero-order valence-electron chi connectivity index (χ0n) is 7.18. The summed E-state index contributed by atoms with van der Waals surface area (Å²) in [6, 6.07) is 0. The fourth-order valence-corrected chi connectivity index (χ4v) is 1.58. The summed E-state index contributed by atoms with van der Waals surface area (Å²) in [5, 5.41) is 0. The molecule has 1 aliphatic carbocycles. The van der Waals surface area contributed by atoms with Crippen molar-refractivity contribution >= 4 is 6.29 Å². The largest absolute Gasteiger partial charge is 0.303 e. The Bertz CT molecular complexity index is 150. The molecule has 1 heteroatoms. The van der Waals surface area contributed by atoms with E-state index in [-0.39, 0.29) is 5.92 Å². The second-order valence-electron chi connectivity index (χ2n) is 3.38. The fourth-order valence-electron chi connectivity index (χ4n) is 1.58. The molecule has 0 aromatic rings. The molecule has 0 radical (unpaired) electrons. The van der Waals surface area contributed by atoms with E-state index in [0.717, 1.165) is 6.29 Å². The van der Waals surface area contributed by atoms with E-state index in [0.29, 0.717) is 0 Å². The zero-order chi connectivity index (χ0) is 8.10. The van der Waals surface area contributed by atoms with Gasteiger partial charge >= 0.3 is 0 Å². The van der Waals surface area contributed by atoms with Crippen molar-refractivity contribution in [2.24, 2.45) is 5.92 Å². The van der Waals surface area contributed by atoms with Crippen molar-refractivity contribution in [2.75, 3.05) is 0 Å². The van der Waals surface area contributed by atoms with E-state index >= 15 is 0 Å². The number of carbonyl (C=O) groups excluding carboxylic acids is 1. The first-order chi connectivity index (χ1) is 5.33. The lowest BCUT2D eigenvalue weighted by Crippen LogP contribution is -1.98. The minimum Gasteiger partial charge on any atom is -0.303 e. The molecule has 0 amide bonds. The Hall–Kier alpha value is -0.590. The average Bonchev–Trinajstić information content (AvgIpc) is 2.06. The number of allylic oxidation sites excluding steroid dienone is 2. The van der Waals surface area contributed by atoms with Gasteiger partial charge in [0.2, 0.25) is 0 Å². The number of aldehydes is 1. The topological polar surface area (TPSA) is 17.1 Å². The van der Waals surface area contributed by atoms with Gasteiger partial charge in [-0.05, 0) is 25.7 Å². The maximum Gasteiger partial charge on any atom is 0.126 e. The minimum absolute atomic E-state index is 0.128. The van der Waals surface area contributed by atoms with Gasteiger partial charge in [0, 0.05) is 5.92 Å². The normalized spacial score (nSPS) is 21.0. The molecule has 1 saturated carbocycles. The predicted octanol–water partition coefficient (Wildman–Crippen LogP) is 2.71. The van der Waals surface area contributed by atoms with Crippen LogP contribution >= 0.6 is 0 Å². The van der Waals surface area contributed by atoms with E-state index < -0.39 is 0 Å². The van der Waals surface area contributed by atoms with Gasteiger partial charge in [-0.25, -0.2) is 0 Å². The van der Waals surface area contributed by atoms with E-state index in [1.165, 1.54) is 37.7 Å². The average molecular weight is 152 g/mol. The third-order valence-corrected chi connectivity index (χ3v) is 2.21. The lowest BCUT2D eigenvalue weighted by Gasteiger charge is -2.13. The molecule has 1 atom stereocenters. The zero-order valence-corrected chi connectivity index (χ0v) is 7.18. The van der Waals surface area contributed by atoms with Gasteiger partial charge in [-0.3, -0.25) is 0 Å². The van der Waals surface area contributed by atoms with Crippen molar-refractivity contribution in [3.05, 3.63) is 11.6 Å². The molecule has 0 aromatic heterocycles. The van der Waals surface area contributed by atoms with Crippen molar-refractivity contribution < 1.29 is 4.79 Å². The van der Waals surface area contributed by atoms with Crippen LogP contribution in [-0.2, 0) is 4.79 Å². The summed E-state index contributed by atoms with van der Waals surface area (Å²) in [5.41, 5.74) is 1.50. The molecule has 0 N–H and O–H groups in total. The Morgan fingerprint density at radius 3 is 2.45 bits per heavy atom. The summed E-state index contributed by atoms with van der Waals surface area (Å²) in [6.07, 6.45) is 9.59. The number of carbonyl (C=O) groups is 1. The van der Waals surface area contributed by atoms with Crippen LogP contribution in [0.1, 0.15) is 39.0 Å². The summed E-state index contributed by atoms with van der Waals surface area (Å²) in [5.74, 6) is 0.128. The summed E-state index contributed by atoms with van der Waals surface area (Å²) >= 11 is 0. The van der Waals surface area contributed by atoms with E-state index in [1.807, 2.05) is 6.92 Å². The number of hydrogen-bond acceptors (Lipinski definition) is 1. The summed E-state index contributed by atoms with van der Waals surface area (Å²) in [7, 11) is 0. The first-order valence-corrected chi connectivity index (χ1v) is 4.48. The molecule has 1 fully saturated rings. The van der Waals surface area contributed by atoms with Crippen molar-refractivity contribution in [1.82, 2.24) is 0 Å². The first-order valence-electron chi connectivity index (χ1n) is 4.48. The van der Waals surface area contributed by atoms with Crippen LogP contribution in [-0.4, -0.2) is 6.29 Å². The van der Waals surface area contributed by atoms with Crippen LogP contribution in [0.15, 0.2) is 11.6 Å². The Labute approximate surface area is 68.5 Å². The maximum absolute atomic E-state index is 10.3. The third kappa shape index (κ3) is 2.87. The van der Waals surface area contributed by atoms with Gasteiger partial charge in [-0.15, -0.1) is 0 Å². The van der Waals surface area contributed by atoms with Crippen LogP contribution in [0.5, 0.6) is 0 Å². The predicted molar refractivity (Wildman–Crippen MR) is 46.4 cm³/mol. The Kier molecular flexibility index (Phi) is 3.34. The molecule has 11 heavy (non-hydrogen) atoms. The van der Waals surface area contributed by atoms with E-state index in [4.69, 9.17) is 0 Å². The second kappa shape index (κ2) is 4.32. The van der Waals surface area contributed by atoms with Crippen molar-refractivity contribution in [2.45, 2.75) is 39.0 Å². The lowest BCUT2D eigenvalue weighted by molar-refractivity contribution is -0.109. The molecular formula is C10H16O. The maximum atomic E-state index is 10.3. The highest BCUT2D eigenvalue weighted by Crippen LogP contribution is 2.23. The standard InChI is InChI=1S/C10H16O/c1-9(8-11)7-10-5-3-2-4-6-10/h7-9H,2-6H2,1H3. The summed E-state index contributed by atoms with van der Waals surface area (Å²) in [4.78, 5) is 10.3.